The summed E-state index contributed by atoms with van der Waals surface area (Å²) in [6, 6.07) is 7.76. The number of hydrogen-bond acceptors (Lipinski definition) is 5. The van der Waals surface area contributed by atoms with Gasteiger partial charge < -0.3 is 14.7 Å². The Morgan fingerprint density at radius 1 is 1.31 bits per heavy atom. The van der Waals surface area contributed by atoms with Gasteiger partial charge in [0.2, 0.25) is 11.8 Å². The number of carbonyl (C=O) groups excluding carboxylic acids is 2. The number of nitrogens with one attached hydrogen (secondary N) is 1. The van der Waals surface area contributed by atoms with E-state index >= 15 is 0 Å². The molecule has 0 saturated carbocycles. The maximum absolute atomic E-state index is 12.9. The molecule has 1 fully saturated rings. The van der Waals surface area contributed by atoms with Crippen molar-refractivity contribution in [2.24, 2.45) is 5.92 Å². The number of aromatic nitrogens is 1. The molecule has 0 radical (unpaired) electrons. The van der Waals surface area contributed by atoms with E-state index < -0.39 is 0 Å². The Balaban J connectivity index is 1.43. The van der Waals surface area contributed by atoms with E-state index in [1.165, 1.54) is 23.9 Å². The van der Waals surface area contributed by atoms with E-state index in [0.717, 1.165) is 4.90 Å². The smallest absolute Gasteiger partial charge is 0.232 e. The number of piperidine rings is 1. The molecule has 1 saturated heterocycles. The lowest BCUT2D eigenvalue weighted by Gasteiger charge is -2.31. The topological polar surface area (TPSA) is 75.4 Å². The minimum Gasteiger partial charge on any atom is -0.360 e. The standard InChI is InChI=1S/C18H20FN3O3S/c1-12-10-16(21-25-12)20-18(24)13-6-8-22(9-7-13)17(23)11-26-15-4-2-14(19)3-5-15/h2-5,10,13H,6-9,11H2,1H3,(H,20,21,24). The van der Waals surface area contributed by atoms with Gasteiger partial charge in [0.1, 0.15) is 11.6 Å². The van der Waals surface area contributed by atoms with Crippen LogP contribution in [-0.2, 0) is 9.59 Å². The number of nitrogens with zero attached hydrogens (tertiary/aromatic N) is 2. The van der Waals surface area contributed by atoms with Gasteiger partial charge in [-0.15, -0.1) is 11.8 Å². The second-order valence-corrected chi connectivity index (χ2v) is 7.26. The largest absolute Gasteiger partial charge is 0.360 e. The third-order valence-corrected chi connectivity index (χ3v) is 5.27. The molecule has 0 aliphatic carbocycles. The monoisotopic (exact) mass is 377 g/mol. The summed E-state index contributed by atoms with van der Waals surface area (Å²) < 4.78 is 17.8. The average Bonchev–Trinajstić information content (AvgIpc) is 3.06. The minimum absolute atomic E-state index is 0.0327. The molecule has 0 atom stereocenters. The van der Waals surface area contributed by atoms with Crippen LogP contribution < -0.4 is 5.32 Å². The van der Waals surface area contributed by atoms with E-state index in [9.17, 15) is 14.0 Å². The zero-order valence-corrected chi connectivity index (χ0v) is 15.2. The fraction of sp³-hybridized carbons (Fsp3) is 0.389. The fourth-order valence-corrected chi connectivity index (χ4v) is 3.61. The van der Waals surface area contributed by atoms with Gasteiger partial charge in [0.15, 0.2) is 5.82 Å². The van der Waals surface area contributed by atoms with Crippen molar-refractivity contribution in [1.82, 2.24) is 10.1 Å². The second-order valence-electron chi connectivity index (χ2n) is 6.21. The van der Waals surface area contributed by atoms with Crippen molar-refractivity contribution in [3.05, 3.63) is 41.9 Å². The SMILES string of the molecule is Cc1cc(NC(=O)C2CCN(C(=O)CSc3ccc(F)cc3)CC2)no1. The summed E-state index contributed by atoms with van der Waals surface area (Å²) in [6.07, 6.45) is 1.24. The van der Waals surface area contributed by atoms with Gasteiger partial charge in [-0.05, 0) is 44.0 Å². The molecule has 6 nitrogen and oxygen atoms in total. The van der Waals surface area contributed by atoms with E-state index in [2.05, 4.69) is 10.5 Å². The lowest BCUT2D eigenvalue weighted by atomic mass is 9.96. The van der Waals surface area contributed by atoms with Crippen LogP contribution in [-0.4, -0.2) is 40.7 Å². The molecule has 138 valence electrons. The van der Waals surface area contributed by atoms with Crippen LogP contribution >= 0.6 is 11.8 Å². The first-order valence-corrected chi connectivity index (χ1v) is 9.40. The average molecular weight is 377 g/mol. The molecule has 1 aliphatic rings. The second kappa shape index (κ2) is 8.35. The van der Waals surface area contributed by atoms with Gasteiger partial charge >= 0.3 is 0 Å². The van der Waals surface area contributed by atoms with Gasteiger partial charge in [0, 0.05) is 30.0 Å². The molecule has 0 unspecified atom stereocenters. The fourth-order valence-electron chi connectivity index (χ4n) is 2.81. The summed E-state index contributed by atoms with van der Waals surface area (Å²) in [6.45, 7) is 2.87. The Hall–Kier alpha value is -2.35. The Kier molecular flexibility index (Phi) is 5.92. The first-order chi connectivity index (χ1) is 12.5. The molecule has 1 aliphatic heterocycles. The molecular formula is C18H20FN3O3S. The van der Waals surface area contributed by atoms with Gasteiger partial charge in [-0.3, -0.25) is 9.59 Å². The van der Waals surface area contributed by atoms with Crippen LogP contribution in [0.15, 0.2) is 39.8 Å². The molecule has 2 aromatic rings. The van der Waals surface area contributed by atoms with Crippen molar-refractivity contribution in [3.63, 3.8) is 0 Å². The predicted molar refractivity (Wildman–Crippen MR) is 96.3 cm³/mol. The van der Waals surface area contributed by atoms with Crippen LogP contribution in [0.1, 0.15) is 18.6 Å². The van der Waals surface area contributed by atoms with Crippen molar-refractivity contribution in [2.45, 2.75) is 24.7 Å². The highest BCUT2D eigenvalue weighted by Crippen LogP contribution is 2.22. The van der Waals surface area contributed by atoms with Gasteiger partial charge in [0.05, 0.1) is 5.75 Å². The quantitative estimate of drug-likeness (QED) is 0.811. The van der Waals surface area contributed by atoms with Crippen LogP contribution in [0.2, 0.25) is 0 Å². The van der Waals surface area contributed by atoms with Gasteiger partial charge in [-0.2, -0.15) is 0 Å². The molecule has 1 aromatic carbocycles. The van der Waals surface area contributed by atoms with Crippen LogP contribution in [0, 0.1) is 18.7 Å². The van der Waals surface area contributed by atoms with Crippen molar-refractivity contribution in [3.8, 4) is 0 Å². The molecular weight excluding hydrogens is 357 g/mol. The predicted octanol–water partition coefficient (Wildman–Crippen LogP) is 3.09. The Morgan fingerprint density at radius 3 is 2.62 bits per heavy atom. The Morgan fingerprint density at radius 2 is 2.00 bits per heavy atom. The van der Waals surface area contributed by atoms with E-state index in [4.69, 9.17) is 4.52 Å². The number of anilines is 1. The summed E-state index contributed by atoms with van der Waals surface area (Å²) in [5.74, 6) is 0.876. The molecule has 2 heterocycles. The van der Waals surface area contributed by atoms with Crippen molar-refractivity contribution >= 4 is 29.4 Å². The normalized spacial score (nSPS) is 15.1. The van der Waals surface area contributed by atoms with Crippen LogP contribution in [0.25, 0.3) is 0 Å². The summed E-state index contributed by atoms with van der Waals surface area (Å²) in [5, 5.41) is 6.50. The maximum atomic E-state index is 12.9. The number of benzene rings is 1. The Bertz CT molecular complexity index is 770. The summed E-state index contributed by atoms with van der Waals surface area (Å²) in [4.78, 5) is 27.2. The van der Waals surface area contributed by atoms with Crippen LogP contribution in [0.5, 0.6) is 0 Å². The van der Waals surface area contributed by atoms with E-state index in [-0.39, 0.29) is 23.5 Å². The Labute approximate surface area is 155 Å². The van der Waals surface area contributed by atoms with Crippen LogP contribution in [0.4, 0.5) is 10.2 Å². The molecule has 3 rings (SSSR count). The lowest BCUT2D eigenvalue weighted by molar-refractivity contribution is -0.132. The molecule has 26 heavy (non-hydrogen) atoms. The van der Waals surface area contributed by atoms with Crippen LogP contribution in [0.3, 0.4) is 0 Å². The van der Waals surface area contributed by atoms with Crippen molar-refractivity contribution in [2.75, 3.05) is 24.2 Å². The highest BCUT2D eigenvalue weighted by atomic mass is 32.2. The maximum Gasteiger partial charge on any atom is 0.232 e. The molecule has 0 spiro atoms. The van der Waals surface area contributed by atoms with Crippen molar-refractivity contribution < 1.29 is 18.5 Å². The zero-order chi connectivity index (χ0) is 18.5. The van der Waals surface area contributed by atoms with Gasteiger partial charge in [0.25, 0.3) is 0 Å². The number of rotatable bonds is 5. The molecule has 1 aromatic heterocycles. The van der Waals surface area contributed by atoms with Gasteiger partial charge in [-0.1, -0.05) is 5.16 Å². The first-order valence-electron chi connectivity index (χ1n) is 8.41. The zero-order valence-electron chi connectivity index (χ0n) is 14.4. The number of hydrogen-bond donors (Lipinski definition) is 1. The molecule has 1 N–H and O–H groups in total. The first kappa shape index (κ1) is 18.4. The lowest BCUT2D eigenvalue weighted by Crippen LogP contribution is -2.42. The number of aryl methyl sites for hydroxylation is 1. The van der Waals surface area contributed by atoms with E-state index in [1.54, 1.807) is 30.0 Å². The number of likely N-dealkylation sites (tertiary alicyclic amines) is 1. The van der Waals surface area contributed by atoms with Gasteiger partial charge in [-0.25, -0.2) is 4.39 Å². The molecule has 0 bridgehead atoms. The summed E-state index contributed by atoms with van der Waals surface area (Å²) in [7, 11) is 0. The number of carbonyl (C=O) groups is 2. The third kappa shape index (κ3) is 4.85. The summed E-state index contributed by atoms with van der Waals surface area (Å²) >= 11 is 1.39. The highest BCUT2D eigenvalue weighted by Gasteiger charge is 2.27. The summed E-state index contributed by atoms with van der Waals surface area (Å²) in [5.41, 5.74) is 0. The number of amides is 2. The van der Waals surface area contributed by atoms with E-state index in [1.807, 2.05) is 0 Å². The molecule has 8 heteroatoms. The number of halogens is 1. The third-order valence-electron chi connectivity index (χ3n) is 4.27. The molecule has 2 amide bonds. The number of thioether (sulfide) groups is 1. The highest BCUT2D eigenvalue weighted by molar-refractivity contribution is 8.00. The van der Waals surface area contributed by atoms with Crippen molar-refractivity contribution in [1.29, 1.82) is 0 Å². The van der Waals surface area contributed by atoms with E-state index in [0.29, 0.717) is 43.3 Å². The minimum atomic E-state index is -0.290.